The fraction of sp³-hybridized carbons (Fsp3) is 0.421. The van der Waals surface area contributed by atoms with Gasteiger partial charge in [-0.1, -0.05) is 37.3 Å². The van der Waals surface area contributed by atoms with Gasteiger partial charge in [-0.05, 0) is 25.5 Å². The lowest BCUT2D eigenvalue weighted by Crippen LogP contribution is -2.39. The van der Waals surface area contributed by atoms with Crippen LogP contribution in [0.15, 0.2) is 41.2 Å². The van der Waals surface area contributed by atoms with Crippen LogP contribution in [0.1, 0.15) is 30.4 Å². The number of hydrogen-bond donors (Lipinski definition) is 1. The number of likely N-dealkylation sites (N-methyl/N-ethyl adjacent to an activating group) is 1. The largest absolute Gasteiger partial charge is 0.337 e. The minimum absolute atomic E-state index is 0.139. The first kappa shape index (κ1) is 17.4. The Labute approximate surface area is 147 Å². The van der Waals surface area contributed by atoms with Gasteiger partial charge in [0.1, 0.15) is 5.82 Å². The maximum absolute atomic E-state index is 12.7. The van der Waals surface area contributed by atoms with Gasteiger partial charge in [0.15, 0.2) is 0 Å². The number of H-pyrrole nitrogens is 1. The van der Waals surface area contributed by atoms with Crippen molar-refractivity contribution >= 4 is 5.91 Å². The molecule has 1 fully saturated rings. The summed E-state index contributed by atoms with van der Waals surface area (Å²) in [7, 11) is 1.91. The molecule has 3 rings (SSSR count). The van der Waals surface area contributed by atoms with Gasteiger partial charge in [0.05, 0.1) is 12.6 Å². The van der Waals surface area contributed by atoms with E-state index >= 15 is 0 Å². The molecule has 6 nitrogen and oxygen atoms in total. The Balaban J connectivity index is 1.65. The summed E-state index contributed by atoms with van der Waals surface area (Å²) < 4.78 is 0. The molecular weight excluding hydrogens is 316 g/mol. The molecule has 1 aliphatic heterocycles. The van der Waals surface area contributed by atoms with Crippen LogP contribution in [-0.4, -0.2) is 45.3 Å². The molecule has 1 saturated heterocycles. The molecule has 0 spiro atoms. The van der Waals surface area contributed by atoms with Gasteiger partial charge in [0.25, 0.3) is 5.56 Å². The molecule has 1 N–H and O–H groups in total. The van der Waals surface area contributed by atoms with Crippen molar-refractivity contribution in [1.82, 2.24) is 19.8 Å². The lowest BCUT2D eigenvalue weighted by Gasteiger charge is -2.23. The van der Waals surface area contributed by atoms with Gasteiger partial charge in [-0.2, -0.15) is 0 Å². The predicted molar refractivity (Wildman–Crippen MR) is 96.0 cm³/mol. The average molecular weight is 340 g/mol. The van der Waals surface area contributed by atoms with E-state index in [1.807, 2.05) is 54.1 Å². The van der Waals surface area contributed by atoms with Crippen LogP contribution >= 0.6 is 0 Å². The molecule has 25 heavy (non-hydrogen) atoms. The summed E-state index contributed by atoms with van der Waals surface area (Å²) in [6.07, 6.45) is 1.51. The minimum atomic E-state index is -0.167. The van der Waals surface area contributed by atoms with Crippen molar-refractivity contribution < 1.29 is 4.79 Å². The first-order chi connectivity index (χ1) is 12.1. The highest BCUT2D eigenvalue weighted by atomic mass is 16.2. The molecule has 0 aliphatic carbocycles. The SMILES string of the molecule is CCc1cc(=O)[nH]c(CN(C)C2CCN(Cc3ccccc3)C2=O)n1. The Morgan fingerprint density at radius 3 is 2.76 bits per heavy atom. The maximum atomic E-state index is 12.7. The van der Waals surface area contributed by atoms with Crippen molar-refractivity contribution in [3.63, 3.8) is 0 Å². The number of aromatic amines is 1. The van der Waals surface area contributed by atoms with E-state index in [1.165, 1.54) is 6.07 Å². The molecule has 2 aromatic rings. The summed E-state index contributed by atoms with van der Waals surface area (Å²) >= 11 is 0. The second-order valence-electron chi connectivity index (χ2n) is 6.50. The molecule has 132 valence electrons. The van der Waals surface area contributed by atoms with Crippen LogP contribution in [0.2, 0.25) is 0 Å². The van der Waals surface area contributed by atoms with E-state index in [9.17, 15) is 9.59 Å². The van der Waals surface area contributed by atoms with Crippen LogP contribution in [0.5, 0.6) is 0 Å². The monoisotopic (exact) mass is 340 g/mol. The Morgan fingerprint density at radius 2 is 2.04 bits per heavy atom. The molecule has 1 amide bonds. The molecule has 0 radical (unpaired) electrons. The van der Waals surface area contributed by atoms with Crippen molar-refractivity contribution in [1.29, 1.82) is 0 Å². The Hall–Kier alpha value is -2.47. The third-order valence-electron chi connectivity index (χ3n) is 4.62. The molecule has 0 bridgehead atoms. The third kappa shape index (κ3) is 4.14. The van der Waals surface area contributed by atoms with Crippen molar-refractivity contribution in [2.75, 3.05) is 13.6 Å². The highest BCUT2D eigenvalue weighted by Crippen LogP contribution is 2.19. The second-order valence-corrected chi connectivity index (χ2v) is 6.50. The zero-order valence-electron chi connectivity index (χ0n) is 14.7. The van der Waals surface area contributed by atoms with Crippen molar-refractivity contribution in [2.45, 2.75) is 38.9 Å². The number of benzene rings is 1. The van der Waals surface area contributed by atoms with Crippen LogP contribution in [-0.2, 0) is 24.3 Å². The van der Waals surface area contributed by atoms with Gasteiger partial charge in [0.2, 0.25) is 5.91 Å². The number of rotatable bonds is 6. The highest BCUT2D eigenvalue weighted by Gasteiger charge is 2.34. The number of nitrogens with zero attached hydrogens (tertiary/aromatic N) is 3. The summed E-state index contributed by atoms with van der Waals surface area (Å²) in [6, 6.07) is 11.4. The van der Waals surface area contributed by atoms with E-state index < -0.39 is 0 Å². The number of likely N-dealkylation sites (tertiary alicyclic amines) is 1. The van der Waals surface area contributed by atoms with E-state index in [0.29, 0.717) is 25.3 Å². The molecule has 0 saturated carbocycles. The van der Waals surface area contributed by atoms with Crippen molar-refractivity contribution in [2.24, 2.45) is 0 Å². The topological polar surface area (TPSA) is 69.3 Å². The van der Waals surface area contributed by atoms with Gasteiger partial charge in [-0.15, -0.1) is 0 Å². The number of hydrogen-bond acceptors (Lipinski definition) is 4. The van der Waals surface area contributed by atoms with E-state index in [4.69, 9.17) is 0 Å². The molecule has 1 atom stereocenters. The highest BCUT2D eigenvalue weighted by molar-refractivity contribution is 5.83. The molecule has 1 unspecified atom stereocenters. The molecule has 1 aromatic heterocycles. The van der Waals surface area contributed by atoms with E-state index in [2.05, 4.69) is 9.97 Å². The van der Waals surface area contributed by atoms with Crippen LogP contribution < -0.4 is 5.56 Å². The van der Waals surface area contributed by atoms with Crippen LogP contribution in [0.4, 0.5) is 0 Å². The lowest BCUT2D eigenvalue weighted by molar-refractivity contribution is -0.132. The standard InChI is InChI=1S/C19H24N4O2/c1-3-15-11-18(24)21-17(20-15)13-22(2)16-9-10-23(19(16)25)12-14-7-5-4-6-8-14/h4-8,11,16H,3,9-10,12-13H2,1-2H3,(H,20,21,24). The molecule has 1 aromatic carbocycles. The van der Waals surface area contributed by atoms with E-state index in [-0.39, 0.29) is 17.5 Å². The van der Waals surface area contributed by atoms with Crippen molar-refractivity contribution in [3.8, 4) is 0 Å². The average Bonchev–Trinajstić information content (AvgIpc) is 2.96. The van der Waals surface area contributed by atoms with Gasteiger partial charge in [0, 0.05) is 24.8 Å². The Bertz CT molecular complexity index is 788. The Kier molecular flexibility index (Phi) is 5.28. The molecule has 1 aliphatic rings. The first-order valence-electron chi connectivity index (χ1n) is 8.69. The van der Waals surface area contributed by atoms with E-state index in [0.717, 1.165) is 24.2 Å². The van der Waals surface area contributed by atoms with Gasteiger partial charge in [-0.3, -0.25) is 14.5 Å². The third-order valence-corrected chi connectivity index (χ3v) is 4.62. The minimum Gasteiger partial charge on any atom is -0.337 e. The maximum Gasteiger partial charge on any atom is 0.251 e. The van der Waals surface area contributed by atoms with Gasteiger partial charge in [-0.25, -0.2) is 4.98 Å². The molecule has 2 heterocycles. The van der Waals surface area contributed by atoms with E-state index in [1.54, 1.807) is 0 Å². The fourth-order valence-electron chi connectivity index (χ4n) is 3.26. The first-order valence-corrected chi connectivity index (χ1v) is 8.69. The number of carbonyl (C=O) groups excluding carboxylic acids is 1. The van der Waals surface area contributed by atoms with Crippen molar-refractivity contribution in [3.05, 3.63) is 63.8 Å². The number of carbonyl (C=O) groups is 1. The zero-order chi connectivity index (χ0) is 17.8. The number of aromatic nitrogens is 2. The van der Waals surface area contributed by atoms with Crippen LogP contribution in [0.25, 0.3) is 0 Å². The summed E-state index contributed by atoms with van der Waals surface area (Å²) in [6.45, 7) is 3.82. The summed E-state index contributed by atoms with van der Waals surface area (Å²) in [5.41, 5.74) is 1.77. The Morgan fingerprint density at radius 1 is 1.28 bits per heavy atom. The predicted octanol–water partition coefficient (Wildman–Crippen LogP) is 1.57. The van der Waals surface area contributed by atoms with Crippen LogP contribution in [0, 0.1) is 0 Å². The molecular formula is C19H24N4O2. The zero-order valence-corrected chi connectivity index (χ0v) is 14.7. The normalized spacial score (nSPS) is 17.5. The van der Waals surface area contributed by atoms with Crippen LogP contribution in [0.3, 0.4) is 0 Å². The number of aryl methyl sites for hydroxylation is 1. The number of nitrogens with one attached hydrogen (secondary N) is 1. The lowest BCUT2D eigenvalue weighted by atomic mass is 10.2. The smallest absolute Gasteiger partial charge is 0.251 e. The van der Waals surface area contributed by atoms with Gasteiger partial charge < -0.3 is 9.88 Å². The molecule has 6 heteroatoms. The quantitative estimate of drug-likeness (QED) is 0.866. The number of amides is 1. The second kappa shape index (κ2) is 7.61. The summed E-state index contributed by atoms with van der Waals surface area (Å²) in [5.74, 6) is 0.751. The van der Waals surface area contributed by atoms with Gasteiger partial charge >= 0.3 is 0 Å². The summed E-state index contributed by atoms with van der Waals surface area (Å²) in [4.78, 5) is 35.5. The fourth-order valence-corrected chi connectivity index (χ4v) is 3.26. The summed E-state index contributed by atoms with van der Waals surface area (Å²) in [5, 5.41) is 0.